The van der Waals surface area contributed by atoms with Gasteiger partial charge in [0.25, 0.3) is 0 Å². The zero-order valence-electron chi connectivity index (χ0n) is 16.6. The van der Waals surface area contributed by atoms with E-state index >= 15 is 0 Å². The Labute approximate surface area is 174 Å². The van der Waals surface area contributed by atoms with Crippen molar-refractivity contribution >= 4 is 29.9 Å². The molecule has 6 nitrogen and oxygen atoms in total. The molecule has 0 unspecified atom stereocenters. The first-order valence-corrected chi connectivity index (χ1v) is 8.57. The highest BCUT2D eigenvalue weighted by atomic mass is 127. The lowest BCUT2D eigenvalue weighted by Gasteiger charge is -2.14. The van der Waals surface area contributed by atoms with Crippen LogP contribution in [0.2, 0.25) is 0 Å². The van der Waals surface area contributed by atoms with E-state index in [2.05, 4.69) is 70.9 Å². The van der Waals surface area contributed by atoms with Gasteiger partial charge in [-0.1, -0.05) is 24.3 Å². The molecule has 26 heavy (non-hydrogen) atoms. The lowest BCUT2D eigenvalue weighted by Crippen LogP contribution is -2.36. The molecule has 1 aromatic carbocycles. The van der Waals surface area contributed by atoms with Gasteiger partial charge in [0.15, 0.2) is 5.96 Å². The number of benzene rings is 1. The number of halogens is 1. The fraction of sp³-hybridized carbons (Fsp3) is 0.474. The minimum atomic E-state index is 0. The molecular weight excluding hydrogens is 439 g/mol. The molecule has 7 heteroatoms. The maximum absolute atomic E-state index is 4.45. The van der Waals surface area contributed by atoms with E-state index in [9.17, 15) is 0 Å². The van der Waals surface area contributed by atoms with Gasteiger partial charge >= 0.3 is 0 Å². The quantitative estimate of drug-likeness (QED) is 0.387. The van der Waals surface area contributed by atoms with Crippen LogP contribution in [0.1, 0.15) is 28.1 Å². The van der Waals surface area contributed by atoms with Crippen LogP contribution in [0, 0.1) is 13.8 Å². The van der Waals surface area contributed by atoms with Gasteiger partial charge in [-0.3, -0.25) is 9.67 Å². The van der Waals surface area contributed by atoms with Crippen molar-refractivity contribution in [3.8, 4) is 0 Å². The summed E-state index contributed by atoms with van der Waals surface area (Å²) in [4.78, 5) is 6.49. The van der Waals surface area contributed by atoms with Gasteiger partial charge in [0, 0.05) is 45.0 Å². The highest BCUT2D eigenvalue weighted by molar-refractivity contribution is 14.0. The van der Waals surface area contributed by atoms with Gasteiger partial charge in [-0.15, -0.1) is 24.0 Å². The average molecular weight is 470 g/mol. The zero-order chi connectivity index (χ0) is 18.4. The van der Waals surface area contributed by atoms with Crippen molar-refractivity contribution in [2.75, 3.05) is 21.1 Å². The van der Waals surface area contributed by atoms with E-state index in [0.717, 1.165) is 24.7 Å². The maximum Gasteiger partial charge on any atom is 0.191 e. The van der Waals surface area contributed by atoms with E-state index in [0.29, 0.717) is 6.54 Å². The third-order valence-corrected chi connectivity index (χ3v) is 4.27. The maximum atomic E-state index is 4.45. The lowest BCUT2D eigenvalue weighted by atomic mass is 10.1. The molecule has 0 fully saturated rings. The van der Waals surface area contributed by atoms with Crippen LogP contribution in [-0.2, 0) is 26.7 Å². The molecule has 0 aliphatic carbocycles. The Balaban J connectivity index is 0.00000338. The Morgan fingerprint density at radius 2 is 1.81 bits per heavy atom. The van der Waals surface area contributed by atoms with Crippen molar-refractivity contribution in [3.05, 3.63) is 52.3 Å². The number of hydrogen-bond acceptors (Lipinski definition) is 3. The van der Waals surface area contributed by atoms with Gasteiger partial charge in [-0.25, -0.2) is 0 Å². The van der Waals surface area contributed by atoms with Gasteiger partial charge in [-0.05, 0) is 39.1 Å². The van der Waals surface area contributed by atoms with Crippen LogP contribution in [0.25, 0.3) is 0 Å². The number of nitrogens with one attached hydrogen (secondary N) is 2. The van der Waals surface area contributed by atoms with Crippen LogP contribution in [0.4, 0.5) is 0 Å². The molecule has 2 aromatic rings. The summed E-state index contributed by atoms with van der Waals surface area (Å²) in [7, 11) is 7.93. The molecule has 0 saturated carbocycles. The second-order valence-electron chi connectivity index (χ2n) is 6.61. The van der Waals surface area contributed by atoms with E-state index in [1.165, 1.54) is 22.4 Å². The van der Waals surface area contributed by atoms with E-state index in [1.54, 1.807) is 7.05 Å². The molecule has 2 rings (SSSR count). The van der Waals surface area contributed by atoms with Gasteiger partial charge in [0.1, 0.15) is 0 Å². The van der Waals surface area contributed by atoms with Gasteiger partial charge < -0.3 is 15.5 Å². The molecule has 0 radical (unpaired) electrons. The van der Waals surface area contributed by atoms with Crippen LogP contribution in [0.5, 0.6) is 0 Å². The van der Waals surface area contributed by atoms with Crippen molar-refractivity contribution in [1.82, 2.24) is 25.3 Å². The second-order valence-corrected chi connectivity index (χ2v) is 6.61. The first-order chi connectivity index (χ1) is 11.9. The predicted octanol–water partition coefficient (Wildman–Crippen LogP) is 2.58. The lowest BCUT2D eigenvalue weighted by molar-refractivity contribution is 0.402. The van der Waals surface area contributed by atoms with Crippen molar-refractivity contribution in [2.24, 2.45) is 12.0 Å². The zero-order valence-corrected chi connectivity index (χ0v) is 19.0. The van der Waals surface area contributed by atoms with Crippen LogP contribution in [-0.4, -0.2) is 41.8 Å². The number of aryl methyl sites for hydroxylation is 2. The SMILES string of the molecule is CN=C(NCc1cccc(CN(C)C)c1)NCc1c(C)nn(C)c1C.I. The number of guanidine groups is 1. The first-order valence-electron chi connectivity index (χ1n) is 8.57. The van der Waals surface area contributed by atoms with Crippen LogP contribution < -0.4 is 10.6 Å². The second kappa shape index (κ2) is 10.5. The Morgan fingerprint density at radius 3 is 2.38 bits per heavy atom. The smallest absolute Gasteiger partial charge is 0.191 e. The first kappa shape index (κ1) is 22.4. The Kier molecular flexibility index (Phi) is 9.07. The summed E-state index contributed by atoms with van der Waals surface area (Å²) in [5, 5.41) is 11.2. The number of aliphatic imine (C=N–C) groups is 1. The molecule has 0 atom stereocenters. The Bertz CT molecular complexity index is 736. The summed E-state index contributed by atoms with van der Waals surface area (Å²) in [6, 6.07) is 8.63. The van der Waals surface area contributed by atoms with E-state index in [4.69, 9.17) is 0 Å². The van der Waals surface area contributed by atoms with E-state index in [-0.39, 0.29) is 24.0 Å². The third kappa shape index (κ3) is 6.28. The summed E-state index contributed by atoms with van der Waals surface area (Å²) in [5.74, 6) is 0.792. The Morgan fingerprint density at radius 1 is 1.15 bits per heavy atom. The molecule has 2 N–H and O–H groups in total. The molecule has 0 bridgehead atoms. The monoisotopic (exact) mass is 470 g/mol. The molecule has 1 heterocycles. The van der Waals surface area contributed by atoms with Crippen LogP contribution in [0.3, 0.4) is 0 Å². The van der Waals surface area contributed by atoms with Crippen molar-refractivity contribution in [2.45, 2.75) is 33.5 Å². The molecular formula is C19H31IN6. The normalized spacial score (nSPS) is 11.4. The predicted molar refractivity (Wildman–Crippen MR) is 119 cm³/mol. The molecule has 1 aromatic heterocycles. The standard InChI is InChI=1S/C19H30N6.HI/c1-14-18(15(2)25(6)23-14)12-22-19(20-3)21-11-16-8-7-9-17(10-16)13-24(4)5;/h7-10H,11-13H2,1-6H3,(H2,20,21,22);1H. The Hall–Kier alpha value is -1.61. The highest BCUT2D eigenvalue weighted by Gasteiger charge is 2.09. The van der Waals surface area contributed by atoms with Gasteiger partial charge in [0.2, 0.25) is 0 Å². The molecule has 0 amide bonds. The van der Waals surface area contributed by atoms with Crippen molar-refractivity contribution < 1.29 is 0 Å². The number of aromatic nitrogens is 2. The van der Waals surface area contributed by atoms with Crippen molar-refractivity contribution in [1.29, 1.82) is 0 Å². The average Bonchev–Trinajstić information content (AvgIpc) is 2.80. The van der Waals surface area contributed by atoms with E-state index < -0.39 is 0 Å². The largest absolute Gasteiger partial charge is 0.352 e. The summed E-state index contributed by atoms with van der Waals surface area (Å²) >= 11 is 0. The number of nitrogens with zero attached hydrogens (tertiary/aromatic N) is 4. The fourth-order valence-corrected chi connectivity index (χ4v) is 2.85. The fourth-order valence-electron chi connectivity index (χ4n) is 2.85. The minimum absolute atomic E-state index is 0. The molecule has 0 saturated heterocycles. The summed E-state index contributed by atoms with van der Waals surface area (Å²) in [6.07, 6.45) is 0. The third-order valence-electron chi connectivity index (χ3n) is 4.27. The molecule has 144 valence electrons. The summed E-state index contributed by atoms with van der Waals surface area (Å²) in [6.45, 7) is 6.53. The summed E-state index contributed by atoms with van der Waals surface area (Å²) < 4.78 is 1.92. The van der Waals surface area contributed by atoms with Gasteiger partial charge in [-0.2, -0.15) is 5.10 Å². The minimum Gasteiger partial charge on any atom is -0.352 e. The topological polar surface area (TPSA) is 57.5 Å². The molecule has 0 aliphatic heterocycles. The highest BCUT2D eigenvalue weighted by Crippen LogP contribution is 2.11. The molecule has 0 spiro atoms. The number of hydrogen-bond donors (Lipinski definition) is 2. The number of rotatable bonds is 6. The van der Waals surface area contributed by atoms with Gasteiger partial charge in [0.05, 0.1) is 5.69 Å². The molecule has 0 aliphatic rings. The van der Waals surface area contributed by atoms with Crippen LogP contribution in [0.15, 0.2) is 29.3 Å². The van der Waals surface area contributed by atoms with Crippen LogP contribution >= 0.6 is 24.0 Å². The summed E-state index contributed by atoms with van der Waals surface area (Å²) in [5.41, 5.74) is 6.01. The van der Waals surface area contributed by atoms with Crippen molar-refractivity contribution in [3.63, 3.8) is 0 Å². The van der Waals surface area contributed by atoms with E-state index in [1.807, 2.05) is 18.7 Å².